The number of nitrogens with zero attached hydrogens (tertiary/aromatic N) is 2. The van der Waals surface area contributed by atoms with Gasteiger partial charge in [0.25, 0.3) is 0 Å². The van der Waals surface area contributed by atoms with Gasteiger partial charge in [0, 0.05) is 25.4 Å². The van der Waals surface area contributed by atoms with E-state index in [1.165, 1.54) is 5.56 Å². The number of carbonyl (C=O) groups excluding carboxylic acids is 1. The first kappa shape index (κ1) is 15.4. The van der Waals surface area contributed by atoms with E-state index in [4.69, 9.17) is 0 Å². The first-order valence-corrected chi connectivity index (χ1v) is 8.63. The van der Waals surface area contributed by atoms with Crippen LogP contribution in [0.15, 0.2) is 30.3 Å². The molecule has 1 aliphatic heterocycles. The quantitative estimate of drug-likeness (QED) is 0.805. The van der Waals surface area contributed by atoms with Crippen molar-refractivity contribution in [3.05, 3.63) is 35.9 Å². The molecule has 1 fully saturated rings. The van der Waals surface area contributed by atoms with Crippen LogP contribution in [0, 0.1) is 0 Å². The third-order valence-electron chi connectivity index (χ3n) is 3.90. The maximum Gasteiger partial charge on any atom is 0.240 e. The van der Waals surface area contributed by atoms with E-state index in [0.717, 1.165) is 38.2 Å². The van der Waals surface area contributed by atoms with E-state index < -0.39 is 0 Å². The minimum atomic E-state index is 0.0691. The lowest BCUT2D eigenvalue weighted by Crippen LogP contribution is -2.51. The van der Waals surface area contributed by atoms with Crippen molar-refractivity contribution in [1.82, 2.24) is 9.80 Å². The maximum atomic E-state index is 12.6. The highest BCUT2D eigenvalue weighted by Gasteiger charge is 2.31. The molecule has 4 heteroatoms. The van der Waals surface area contributed by atoms with Crippen LogP contribution < -0.4 is 0 Å². The van der Waals surface area contributed by atoms with Crippen molar-refractivity contribution in [3.63, 3.8) is 0 Å². The van der Waals surface area contributed by atoms with Crippen molar-refractivity contribution >= 4 is 17.7 Å². The lowest BCUT2D eigenvalue weighted by Gasteiger charge is -2.36. The number of likely N-dealkylation sites (N-methyl/N-ethyl adjacent to an activating group) is 1. The number of rotatable bonds is 6. The molecule has 1 aromatic rings. The molecule has 0 aromatic heterocycles. The summed E-state index contributed by atoms with van der Waals surface area (Å²) in [5.74, 6) is 1.38. The highest BCUT2D eigenvalue weighted by molar-refractivity contribution is 7.98. The molecule has 20 heavy (non-hydrogen) atoms. The zero-order valence-electron chi connectivity index (χ0n) is 12.4. The summed E-state index contributed by atoms with van der Waals surface area (Å²) in [7, 11) is 2.07. The van der Waals surface area contributed by atoms with E-state index in [0.29, 0.717) is 5.91 Å². The molecule has 3 nitrogen and oxygen atoms in total. The van der Waals surface area contributed by atoms with Gasteiger partial charge in [-0.25, -0.2) is 0 Å². The summed E-state index contributed by atoms with van der Waals surface area (Å²) < 4.78 is 0. The van der Waals surface area contributed by atoms with Gasteiger partial charge in [0.05, 0.1) is 6.04 Å². The lowest BCUT2D eigenvalue weighted by atomic mass is 10.0. The number of thioether (sulfide) groups is 1. The Bertz CT molecular complexity index is 424. The summed E-state index contributed by atoms with van der Waals surface area (Å²) in [6.45, 7) is 2.61. The van der Waals surface area contributed by atoms with E-state index in [-0.39, 0.29) is 6.04 Å². The van der Waals surface area contributed by atoms with Crippen LogP contribution in [0.4, 0.5) is 0 Å². The van der Waals surface area contributed by atoms with Gasteiger partial charge >= 0.3 is 0 Å². The summed E-state index contributed by atoms with van der Waals surface area (Å²) >= 11 is 1.83. The number of piperidine rings is 1. The summed E-state index contributed by atoms with van der Waals surface area (Å²) in [5.41, 5.74) is 1.22. The predicted octanol–water partition coefficient (Wildman–Crippen LogP) is 2.47. The molecule has 2 rings (SSSR count). The van der Waals surface area contributed by atoms with Gasteiger partial charge in [-0.05, 0) is 31.7 Å². The van der Waals surface area contributed by atoms with Gasteiger partial charge in [0.2, 0.25) is 5.91 Å². The van der Waals surface area contributed by atoms with E-state index >= 15 is 0 Å². The summed E-state index contributed by atoms with van der Waals surface area (Å²) in [5, 5.41) is 0. The highest BCUT2D eigenvalue weighted by atomic mass is 32.2. The third-order valence-corrected chi connectivity index (χ3v) is 4.49. The first-order valence-electron chi connectivity index (χ1n) is 7.24. The molecule has 0 saturated carbocycles. The average Bonchev–Trinajstić information content (AvgIpc) is 2.48. The summed E-state index contributed by atoms with van der Waals surface area (Å²) in [4.78, 5) is 16.8. The minimum Gasteiger partial charge on any atom is -0.337 e. The minimum absolute atomic E-state index is 0.0691. The zero-order valence-corrected chi connectivity index (χ0v) is 13.2. The molecule has 1 saturated heterocycles. The molecule has 0 bridgehead atoms. The maximum absolute atomic E-state index is 12.6. The number of hydrogen-bond donors (Lipinski definition) is 0. The van der Waals surface area contributed by atoms with Crippen LogP contribution in [0.2, 0.25) is 0 Å². The van der Waals surface area contributed by atoms with Gasteiger partial charge < -0.3 is 4.90 Å². The van der Waals surface area contributed by atoms with Crippen LogP contribution in [0.3, 0.4) is 0 Å². The van der Waals surface area contributed by atoms with Crippen molar-refractivity contribution < 1.29 is 4.79 Å². The Labute approximate surface area is 126 Å². The lowest BCUT2D eigenvalue weighted by molar-refractivity contribution is -0.140. The molecular weight excluding hydrogens is 268 g/mol. The molecule has 0 unspecified atom stereocenters. The van der Waals surface area contributed by atoms with Crippen molar-refractivity contribution in [2.45, 2.75) is 25.4 Å². The smallest absolute Gasteiger partial charge is 0.240 e. The second-order valence-corrected chi connectivity index (χ2v) is 6.36. The molecule has 0 aliphatic carbocycles. The van der Waals surface area contributed by atoms with Crippen LogP contribution in [0.1, 0.15) is 18.4 Å². The molecule has 1 amide bonds. The van der Waals surface area contributed by atoms with Crippen LogP contribution in [0.5, 0.6) is 0 Å². The van der Waals surface area contributed by atoms with Gasteiger partial charge in [-0.15, -0.1) is 0 Å². The number of benzene rings is 1. The van der Waals surface area contributed by atoms with Crippen LogP contribution in [-0.4, -0.2) is 53.9 Å². The largest absolute Gasteiger partial charge is 0.337 e. The Hall–Kier alpha value is -1.00. The molecule has 0 spiro atoms. The first-order chi connectivity index (χ1) is 9.72. The molecule has 1 atom stereocenters. The zero-order chi connectivity index (χ0) is 14.4. The second-order valence-electron chi connectivity index (χ2n) is 5.38. The van der Waals surface area contributed by atoms with Crippen molar-refractivity contribution in [1.29, 1.82) is 0 Å². The molecule has 0 radical (unpaired) electrons. The fourth-order valence-electron chi connectivity index (χ4n) is 2.68. The van der Waals surface area contributed by atoms with E-state index in [1.54, 1.807) is 0 Å². The molecule has 110 valence electrons. The van der Waals surface area contributed by atoms with Crippen molar-refractivity contribution in [2.24, 2.45) is 0 Å². The van der Waals surface area contributed by atoms with Crippen molar-refractivity contribution in [3.8, 4) is 0 Å². The Morgan fingerprint density at radius 2 is 2.10 bits per heavy atom. The van der Waals surface area contributed by atoms with E-state index in [9.17, 15) is 4.79 Å². The fourth-order valence-corrected chi connectivity index (χ4v) is 3.15. The topological polar surface area (TPSA) is 23.6 Å². The number of carbonyl (C=O) groups is 1. The van der Waals surface area contributed by atoms with Crippen LogP contribution in [-0.2, 0) is 11.3 Å². The normalized spacial score (nSPS) is 19.6. The number of likely N-dealkylation sites (tertiary alicyclic amines) is 1. The van der Waals surface area contributed by atoms with E-state index in [2.05, 4.69) is 30.3 Å². The molecule has 1 aliphatic rings. The van der Waals surface area contributed by atoms with Crippen molar-refractivity contribution in [2.75, 3.05) is 32.1 Å². The molecule has 1 aromatic carbocycles. The SMILES string of the molecule is CSCCN(C)[C@H]1CCCN(Cc2ccccc2)C1=O. The fraction of sp³-hybridized carbons (Fsp3) is 0.562. The van der Waals surface area contributed by atoms with Gasteiger partial charge in [-0.1, -0.05) is 30.3 Å². The second kappa shape index (κ2) is 7.70. The van der Waals surface area contributed by atoms with Gasteiger partial charge in [0.15, 0.2) is 0 Å². The number of amides is 1. The Kier molecular flexibility index (Phi) is 5.92. The molecular formula is C16H24N2OS. The predicted molar refractivity (Wildman–Crippen MR) is 85.9 cm³/mol. The Morgan fingerprint density at radius 3 is 2.80 bits per heavy atom. The van der Waals surface area contributed by atoms with Gasteiger partial charge in [-0.2, -0.15) is 11.8 Å². The molecule has 0 N–H and O–H groups in total. The standard InChI is InChI=1S/C16H24N2OS/c1-17(11-12-20-2)15-9-6-10-18(16(15)19)13-14-7-4-3-5-8-14/h3-5,7-8,15H,6,9-13H2,1-2H3/t15-/m0/s1. The molecule has 1 heterocycles. The summed E-state index contributed by atoms with van der Waals surface area (Å²) in [6.07, 6.45) is 4.21. The van der Waals surface area contributed by atoms with Gasteiger partial charge in [-0.3, -0.25) is 9.69 Å². The van der Waals surface area contributed by atoms with Crippen LogP contribution in [0.25, 0.3) is 0 Å². The van der Waals surface area contributed by atoms with Gasteiger partial charge in [0.1, 0.15) is 0 Å². The van der Waals surface area contributed by atoms with Crippen LogP contribution >= 0.6 is 11.8 Å². The Balaban J connectivity index is 1.96. The third kappa shape index (κ3) is 4.00. The summed E-state index contributed by atoms with van der Waals surface area (Å²) in [6, 6.07) is 10.3. The van der Waals surface area contributed by atoms with E-state index in [1.807, 2.05) is 34.9 Å². The number of hydrogen-bond acceptors (Lipinski definition) is 3. The Morgan fingerprint density at radius 1 is 1.35 bits per heavy atom. The average molecular weight is 292 g/mol. The monoisotopic (exact) mass is 292 g/mol. The highest BCUT2D eigenvalue weighted by Crippen LogP contribution is 2.19.